The van der Waals surface area contributed by atoms with Crippen LogP contribution in [0, 0.1) is 5.41 Å². The van der Waals surface area contributed by atoms with E-state index in [0.717, 1.165) is 24.0 Å². The monoisotopic (exact) mass is 306 g/mol. The van der Waals surface area contributed by atoms with Crippen LogP contribution in [-0.4, -0.2) is 5.78 Å². The van der Waals surface area contributed by atoms with Crippen molar-refractivity contribution in [2.24, 2.45) is 5.41 Å². The van der Waals surface area contributed by atoms with Crippen LogP contribution in [0.2, 0.25) is 0 Å². The lowest BCUT2D eigenvalue weighted by Gasteiger charge is -2.39. The minimum absolute atomic E-state index is 0.147. The second kappa shape index (κ2) is 5.96. The highest BCUT2D eigenvalue weighted by Gasteiger charge is 2.40. The van der Waals surface area contributed by atoms with E-state index in [1.165, 1.54) is 11.1 Å². The topological polar surface area (TPSA) is 17.1 Å². The highest BCUT2D eigenvalue weighted by Crippen LogP contribution is 2.52. The second-order valence-corrected chi connectivity index (χ2v) is 7.34. The van der Waals surface area contributed by atoms with Crippen molar-refractivity contribution < 1.29 is 4.79 Å². The number of benzene rings is 2. The van der Waals surface area contributed by atoms with Gasteiger partial charge in [0.2, 0.25) is 0 Å². The van der Waals surface area contributed by atoms with Crippen molar-refractivity contribution in [1.29, 1.82) is 0 Å². The molecule has 0 amide bonds. The fraction of sp³-hybridized carbons (Fsp3) is 0.409. The normalized spacial score (nSPS) is 20.6. The molecule has 0 heterocycles. The minimum atomic E-state index is 0.147. The molecule has 120 valence electrons. The molecule has 1 heteroatoms. The molecular weight excluding hydrogens is 280 g/mol. The summed E-state index contributed by atoms with van der Waals surface area (Å²) in [5.41, 5.74) is 4.38. The molecule has 2 aromatic rings. The highest BCUT2D eigenvalue weighted by atomic mass is 16.1. The minimum Gasteiger partial charge on any atom is -0.289 e. The van der Waals surface area contributed by atoms with Crippen molar-refractivity contribution in [2.45, 2.75) is 52.4 Å². The van der Waals surface area contributed by atoms with Crippen molar-refractivity contribution >= 4 is 5.78 Å². The Hall–Kier alpha value is -1.89. The van der Waals surface area contributed by atoms with E-state index in [4.69, 9.17) is 0 Å². The predicted molar refractivity (Wildman–Crippen MR) is 96.2 cm³/mol. The molecular formula is C22H26O. The van der Waals surface area contributed by atoms with Crippen molar-refractivity contribution in [2.75, 3.05) is 0 Å². The van der Waals surface area contributed by atoms with Gasteiger partial charge >= 0.3 is 0 Å². The summed E-state index contributed by atoms with van der Waals surface area (Å²) < 4.78 is 0. The molecule has 1 aliphatic carbocycles. The average molecular weight is 306 g/mol. The number of hydrogen-bond donors (Lipinski definition) is 0. The van der Waals surface area contributed by atoms with Crippen LogP contribution in [0.3, 0.4) is 0 Å². The first kappa shape index (κ1) is 16.0. The van der Waals surface area contributed by atoms with E-state index in [-0.39, 0.29) is 11.2 Å². The molecule has 0 saturated carbocycles. The van der Waals surface area contributed by atoms with Crippen molar-refractivity contribution in [3.63, 3.8) is 0 Å². The average Bonchev–Trinajstić information content (AvgIpc) is 2.69. The maximum atomic E-state index is 13.2. The van der Waals surface area contributed by atoms with E-state index < -0.39 is 0 Å². The lowest BCUT2D eigenvalue weighted by atomic mass is 9.64. The Morgan fingerprint density at radius 3 is 1.96 bits per heavy atom. The molecule has 0 N–H and O–H groups in total. The molecule has 23 heavy (non-hydrogen) atoms. The number of hydrogen-bond acceptors (Lipinski definition) is 1. The lowest BCUT2D eigenvalue weighted by molar-refractivity contribution is 0.103. The van der Waals surface area contributed by atoms with Gasteiger partial charge < -0.3 is 0 Å². The first-order valence-electron chi connectivity index (χ1n) is 8.73. The number of carbonyl (C=O) groups excluding carboxylic acids is 1. The van der Waals surface area contributed by atoms with Crippen molar-refractivity contribution in [3.05, 3.63) is 70.8 Å². The highest BCUT2D eigenvalue weighted by molar-refractivity contribution is 6.11. The van der Waals surface area contributed by atoms with Gasteiger partial charge in [-0.3, -0.25) is 4.79 Å². The van der Waals surface area contributed by atoms with Crippen molar-refractivity contribution in [1.82, 2.24) is 0 Å². The molecule has 0 fully saturated rings. The zero-order chi connectivity index (χ0) is 16.6. The quantitative estimate of drug-likeness (QED) is 0.685. The smallest absolute Gasteiger partial charge is 0.193 e. The van der Waals surface area contributed by atoms with Crippen LogP contribution in [0.4, 0.5) is 0 Å². The van der Waals surface area contributed by atoms with Gasteiger partial charge in [0.15, 0.2) is 5.78 Å². The summed E-state index contributed by atoms with van der Waals surface area (Å²) in [6.07, 6.45) is 2.14. The Morgan fingerprint density at radius 2 is 1.39 bits per heavy atom. The van der Waals surface area contributed by atoms with Crippen LogP contribution in [0.15, 0.2) is 48.5 Å². The molecule has 2 aromatic carbocycles. The molecule has 0 aliphatic heterocycles. The van der Waals surface area contributed by atoms with Gasteiger partial charge in [0, 0.05) is 11.1 Å². The van der Waals surface area contributed by atoms with Crippen LogP contribution in [0.1, 0.15) is 79.4 Å². The summed E-state index contributed by atoms with van der Waals surface area (Å²) in [5, 5.41) is 0. The van der Waals surface area contributed by atoms with Gasteiger partial charge in [-0.25, -0.2) is 0 Å². The van der Waals surface area contributed by atoms with E-state index in [9.17, 15) is 4.79 Å². The van der Waals surface area contributed by atoms with Crippen LogP contribution < -0.4 is 0 Å². The largest absolute Gasteiger partial charge is 0.289 e. The van der Waals surface area contributed by atoms with Gasteiger partial charge in [-0.1, -0.05) is 82.6 Å². The third-order valence-corrected chi connectivity index (χ3v) is 5.74. The van der Waals surface area contributed by atoms with Gasteiger partial charge in [-0.15, -0.1) is 0 Å². The fourth-order valence-electron chi connectivity index (χ4n) is 4.18. The number of ketones is 1. The van der Waals surface area contributed by atoms with Gasteiger partial charge in [0.05, 0.1) is 0 Å². The summed E-state index contributed by atoms with van der Waals surface area (Å²) in [6, 6.07) is 16.5. The SMILES string of the molecule is CCC1c2ccccc2C(=O)c2ccccc2C1C(C)(C)CC. The number of rotatable bonds is 3. The zero-order valence-electron chi connectivity index (χ0n) is 14.6. The summed E-state index contributed by atoms with van der Waals surface area (Å²) in [7, 11) is 0. The summed E-state index contributed by atoms with van der Waals surface area (Å²) in [6.45, 7) is 9.19. The molecule has 0 bridgehead atoms. The lowest BCUT2D eigenvalue weighted by Crippen LogP contribution is -2.27. The van der Waals surface area contributed by atoms with Gasteiger partial charge in [-0.2, -0.15) is 0 Å². The van der Waals surface area contributed by atoms with E-state index in [0.29, 0.717) is 11.8 Å². The zero-order valence-corrected chi connectivity index (χ0v) is 14.6. The Morgan fingerprint density at radius 1 is 0.870 bits per heavy atom. The Kier molecular flexibility index (Phi) is 4.14. The van der Waals surface area contributed by atoms with Crippen LogP contribution in [-0.2, 0) is 0 Å². The summed E-state index contributed by atoms with van der Waals surface area (Å²) in [5.74, 6) is 0.930. The fourth-order valence-corrected chi connectivity index (χ4v) is 4.18. The van der Waals surface area contributed by atoms with E-state index in [2.05, 4.69) is 52.0 Å². The van der Waals surface area contributed by atoms with Crippen LogP contribution in [0.25, 0.3) is 0 Å². The standard InChI is InChI=1S/C22H26O/c1-5-15-16-11-7-9-13-18(16)21(23)19-14-10-8-12-17(19)20(15)22(3,4)6-2/h7-15,20H,5-6H2,1-4H3. The van der Waals surface area contributed by atoms with E-state index in [1.807, 2.05) is 24.3 Å². The first-order chi connectivity index (χ1) is 11.0. The number of fused-ring (bicyclic) bond motifs is 2. The molecule has 1 nitrogen and oxygen atoms in total. The molecule has 3 rings (SSSR count). The third-order valence-electron chi connectivity index (χ3n) is 5.74. The van der Waals surface area contributed by atoms with Gasteiger partial charge in [0.25, 0.3) is 0 Å². The predicted octanol–water partition coefficient (Wildman–Crippen LogP) is 5.94. The molecule has 2 unspecified atom stereocenters. The van der Waals surface area contributed by atoms with Crippen molar-refractivity contribution in [3.8, 4) is 0 Å². The van der Waals surface area contributed by atoms with E-state index in [1.54, 1.807) is 0 Å². The maximum Gasteiger partial charge on any atom is 0.193 e. The maximum absolute atomic E-state index is 13.2. The second-order valence-electron chi connectivity index (χ2n) is 7.34. The molecule has 0 radical (unpaired) electrons. The Labute approximate surface area is 139 Å². The molecule has 1 aliphatic rings. The molecule has 0 spiro atoms. The van der Waals surface area contributed by atoms with Gasteiger partial charge in [0.1, 0.15) is 0 Å². The first-order valence-corrected chi connectivity index (χ1v) is 8.73. The third kappa shape index (κ3) is 2.52. The summed E-state index contributed by atoms with van der Waals surface area (Å²) >= 11 is 0. The molecule has 2 atom stereocenters. The summed E-state index contributed by atoms with van der Waals surface area (Å²) in [4.78, 5) is 13.2. The Bertz CT molecular complexity index is 726. The molecule has 0 aromatic heterocycles. The van der Waals surface area contributed by atoms with Crippen LogP contribution >= 0.6 is 0 Å². The Balaban J connectivity index is 2.34. The van der Waals surface area contributed by atoms with Gasteiger partial charge in [-0.05, 0) is 34.8 Å². The van der Waals surface area contributed by atoms with Crippen LogP contribution in [0.5, 0.6) is 0 Å². The molecule has 0 saturated heterocycles. The number of carbonyl (C=O) groups is 1. The van der Waals surface area contributed by atoms with E-state index >= 15 is 0 Å².